The predicted octanol–water partition coefficient (Wildman–Crippen LogP) is 6.56. The second kappa shape index (κ2) is 6.69. The van der Waals surface area contributed by atoms with Crippen molar-refractivity contribution in [3.05, 3.63) is 61.5 Å². The van der Waals surface area contributed by atoms with Crippen molar-refractivity contribution in [2.75, 3.05) is 7.11 Å². The average molecular weight is 439 g/mol. The molecule has 20 heavy (non-hydrogen) atoms. The summed E-state index contributed by atoms with van der Waals surface area (Å²) in [6.07, 6.45) is 0. The second-order valence-corrected chi connectivity index (χ2v) is 7.02. The number of rotatable bonds is 3. The first-order valence-corrected chi connectivity index (χ1v) is 8.33. The van der Waals surface area contributed by atoms with Gasteiger partial charge in [-0.3, -0.25) is 0 Å². The first kappa shape index (κ1) is 16.2. The third-order valence-corrected chi connectivity index (χ3v) is 5.06. The molecule has 1 nitrogen and oxygen atoms in total. The van der Waals surface area contributed by atoms with Crippen LogP contribution in [0.5, 0.6) is 5.75 Å². The molecule has 106 valence electrons. The highest BCUT2D eigenvalue weighted by Crippen LogP contribution is 2.43. The third kappa shape index (κ3) is 3.33. The lowest BCUT2D eigenvalue weighted by atomic mass is 10.00. The van der Waals surface area contributed by atoms with E-state index < -0.39 is 0 Å². The van der Waals surface area contributed by atoms with Gasteiger partial charge in [0.1, 0.15) is 5.75 Å². The van der Waals surface area contributed by atoms with Crippen molar-refractivity contribution in [1.29, 1.82) is 0 Å². The molecular formula is C15H12Br2Cl2O. The molecule has 0 bridgehead atoms. The van der Waals surface area contributed by atoms with Gasteiger partial charge in [0.05, 0.1) is 16.4 Å². The van der Waals surface area contributed by atoms with Gasteiger partial charge in [-0.25, -0.2) is 0 Å². The molecule has 0 amide bonds. The summed E-state index contributed by atoms with van der Waals surface area (Å²) in [5.74, 6) is 0.760. The van der Waals surface area contributed by atoms with Crippen LogP contribution in [0.4, 0.5) is 0 Å². The lowest BCUT2D eigenvalue weighted by molar-refractivity contribution is 0.408. The van der Waals surface area contributed by atoms with E-state index in [1.807, 2.05) is 37.3 Å². The summed E-state index contributed by atoms with van der Waals surface area (Å²) in [4.78, 5) is -0.0499. The zero-order chi connectivity index (χ0) is 14.9. The first-order chi connectivity index (χ1) is 9.43. The van der Waals surface area contributed by atoms with Crippen LogP contribution in [0.15, 0.2) is 34.8 Å². The quantitative estimate of drug-likeness (QED) is 0.493. The fourth-order valence-electron chi connectivity index (χ4n) is 2.04. The standard InChI is InChI=1S/C15H12Br2Cl2O/c1-8-3-4-9(18)5-11(8)14(17)12-6-10(19)7-13(16)15(12)20-2/h3-7,14H,1-2H3. The molecule has 0 heterocycles. The molecule has 0 fully saturated rings. The molecule has 0 spiro atoms. The minimum atomic E-state index is -0.0499. The predicted molar refractivity (Wildman–Crippen MR) is 92.7 cm³/mol. The molecule has 2 aromatic rings. The monoisotopic (exact) mass is 436 g/mol. The maximum absolute atomic E-state index is 6.15. The van der Waals surface area contributed by atoms with Gasteiger partial charge in [0.2, 0.25) is 0 Å². The Kier molecular flexibility index (Phi) is 5.41. The van der Waals surface area contributed by atoms with E-state index in [0.29, 0.717) is 10.0 Å². The maximum Gasteiger partial charge on any atom is 0.137 e. The van der Waals surface area contributed by atoms with Crippen LogP contribution in [0.2, 0.25) is 10.0 Å². The number of alkyl halides is 1. The maximum atomic E-state index is 6.15. The largest absolute Gasteiger partial charge is 0.495 e. The Hall–Kier alpha value is -0.220. The highest BCUT2D eigenvalue weighted by molar-refractivity contribution is 9.10. The van der Waals surface area contributed by atoms with E-state index in [4.69, 9.17) is 27.9 Å². The molecule has 0 radical (unpaired) electrons. The van der Waals surface area contributed by atoms with Crippen LogP contribution in [-0.2, 0) is 0 Å². The van der Waals surface area contributed by atoms with Gasteiger partial charge >= 0.3 is 0 Å². The Labute approximate surface area is 145 Å². The van der Waals surface area contributed by atoms with Crippen molar-refractivity contribution in [3.8, 4) is 5.75 Å². The van der Waals surface area contributed by atoms with Crippen LogP contribution in [0.3, 0.4) is 0 Å². The number of hydrogen-bond donors (Lipinski definition) is 0. The second-order valence-electron chi connectivity index (χ2n) is 4.37. The summed E-state index contributed by atoms with van der Waals surface area (Å²) < 4.78 is 6.30. The van der Waals surface area contributed by atoms with Gasteiger partial charge in [-0.1, -0.05) is 45.2 Å². The third-order valence-electron chi connectivity index (χ3n) is 3.03. The van der Waals surface area contributed by atoms with Crippen molar-refractivity contribution in [1.82, 2.24) is 0 Å². The fraction of sp³-hybridized carbons (Fsp3) is 0.200. The zero-order valence-corrected chi connectivity index (χ0v) is 15.6. The van der Waals surface area contributed by atoms with Crippen LogP contribution in [0, 0.1) is 6.92 Å². The molecule has 2 rings (SSSR count). The number of hydrogen-bond acceptors (Lipinski definition) is 1. The topological polar surface area (TPSA) is 9.23 Å². The molecule has 0 aliphatic rings. The summed E-state index contributed by atoms with van der Waals surface area (Å²) >= 11 is 19.4. The molecular weight excluding hydrogens is 427 g/mol. The summed E-state index contributed by atoms with van der Waals surface area (Å²) in [5, 5.41) is 1.35. The van der Waals surface area contributed by atoms with Crippen molar-refractivity contribution in [2.45, 2.75) is 11.8 Å². The van der Waals surface area contributed by atoms with Crippen molar-refractivity contribution < 1.29 is 4.74 Å². The highest BCUT2D eigenvalue weighted by atomic mass is 79.9. The Morgan fingerprint density at radius 3 is 2.35 bits per heavy atom. The lowest BCUT2D eigenvalue weighted by Crippen LogP contribution is -2.00. The summed E-state index contributed by atoms with van der Waals surface area (Å²) in [6.45, 7) is 2.05. The Morgan fingerprint density at radius 2 is 1.70 bits per heavy atom. The van der Waals surface area contributed by atoms with Crippen molar-refractivity contribution >= 4 is 55.1 Å². The van der Waals surface area contributed by atoms with Gasteiger partial charge in [0.15, 0.2) is 0 Å². The van der Waals surface area contributed by atoms with Crippen molar-refractivity contribution in [3.63, 3.8) is 0 Å². The Bertz CT molecular complexity index is 644. The number of benzene rings is 2. The minimum absolute atomic E-state index is 0.0499. The van der Waals surface area contributed by atoms with E-state index in [1.165, 1.54) is 0 Å². The van der Waals surface area contributed by atoms with E-state index in [0.717, 1.165) is 26.9 Å². The molecule has 2 aromatic carbocycles. The van der Waals surface area contributed by atoms with Gasteiger partial charge in [-0.15, -0.1) is 0 Å². The van der Waals surface area contributed by atoms with Crippen LogP contribution >= 0.6 is 55.1 Å². The van der Waals surface area contributed by atoms with Crippen LogP contribution in [0.1, 0.15) is 21.5 Å². The molecule has 0 aliphatic heterocycles. The lowest BCUT2D eigenvalue weighted by Gasteiger charge is -2.18. The van der Waals surface area contributed by atoms with Gasteiger partial charge in [-0.05, 0) is 58.2 Å². The first-order valence-electron chi connectivity index (χ1n) is 5.87. The van der Waals surface area contributed by atoms with Gasteiger partial charge in [0, 0.05) is 15.6 Å². The van der Waals surface area contributed by atoms with E-state index in [9.17, 15) is 0 Å². The molecule has 0 saturated carbocycles. The van der Waals surface area contributed by atoms with E-state index >= 15 is 0 Å². The fourth-order valence-corrected chi connectivity index (χ4v) is 4.05. The van der Waals surface area contributed by atoms with E-state index in [1.54, 1.807) is 7.11 Å². The smallest absolute Gasteiger partial charge is 0.137 e. The summed E-state index contributed by atoms with van der Waals surface area (Å²) in [7, 11) is 1.64. The normalized spacial score (nSPS) is 12.3. The Balaban J connectivity index is 2.58. The molecule has 5 heteroatoms. The van der Waals surface area contributed by atoms with E-state index in [2.05, 4.69) is 31.9 Å². The zero-order valence-electron chi connectivity index (χ0n) is 10.9. The van der Waals surface area contributed by atoms with Crippen LogP contribution < -0.4 is 4.74 Å². The van der Waals surface area contributed by atoms with Crippen molar-refractivity contribution in [2.24, 2.45) is 0 Å². The molecule has 0 aromatic heterocycles. The highest BCUT2D eigenvalue weighted by Gasteiger charge is 2.20. The summed E-state index contributed by atoms with van der Waals surface area (Å²) in [5.41, 5.74) is 3.19. The Morgan fingerprint density at radius 1 is 1.05 bits per heavy atom. The molecule has 1 unspecified atom stereocenters. The minimum Gasteiger partial charge on any atom is -0.495 e. The number of halogens is 4. The molecule has 0 saturated heterocycles. The number of methoxy groups -OCH3 is 1. The number of ether oxygens (including phenoxy) is 1. The summed E-state index contributed by atoms with van der Waals surface area (Å²) in [6, 6.07) is 9.53. The van der Waals surface area contributed by atoms with Crippen LogP contribution in [-0.4, -0.2) is 7.11 Å². The number of aryl methyl sites for hydroxylation is 1. The SMILES string of the molecule is COc1c(Br)cc(Cl)cc1C(Br)c1cc(Cl)ccc1C. The molecule has 0 N–H and O–H groups in total. The molecule has 1 atom stereocenters. The van der Waals surface area contributed by atoms with E-state index in [-0.39, 0.29) is 4.83 Å². The van der Waals surface area contributed by atoms with Gasteiger partial charge in [-0.2, -0.15) is 0 Å². The molecule has 0 aliphatic carbocycles. The van der Waals surface area contributed by atoms with Gasteiger partial charge in [0.25, 0.3) is 0 Å². The van der Waals surface area contributed by atoms with Crippen LogP contribution in [0.25, 0.3) is 0 Å². The van der Waals surface area contributed by atoms with Gasteiger partial charge < -0.3 is 4.74 Å². The average Bonchev–Trinajstić information content (AvgIpc) is 2.40.